The Hall–Kier alpha value is -2.80. The first-order valence-corrected chi connectivity index (χ1v) is 7.20. The van der Waals surface area contributed by atoms with Gasteiger partial charge < -0.3 is 10.1 Å². The van der Waals surface area contributed by atoms with Crippen molar-refractivity contribution >= 4 is 11.7 Å². The molecule has 4 nitrogen and oxygen atoms in total. The molecule has 2 aromatic carbocycles. The molecule has 0 saturated heterocycles. The highest BCUT2D eigenvalue weighted by Gasteiger charge is 2.21. The molecule has 0 heterocycles. The zero-order chi connectivity index (χ0) is 15.8. The Bertz CT molecular complexity index is 662. The first kappa shape index (κ1) is 15.6. The van der Waals surface area contributed by atoms with Crippen molar-refractivity contribution in [3.8, 4) is 6.07 Å². The molecular formula is C18H18N2O2. The summed E-state index contributed by atoms with van der Waals surface area (Å²) in [6.07, 6.45) is 0.400. The SMILES string of the molecule is CCOC(=O)C(Cc1ccccc1C#N)Nc1ccccc1. The number of esters is 1. The highest BCUT2D eigenvalue weighted by molar-refractivity contribution is 5.79. The molecule has 1 atom stereocenters. The summed E-state index contributed by atoms with van der Waals surface area (Å²) in [6, 6.07) is 18.4. The number of nitriles is 1. The third kappa shape index (κ3) is 4.10. The normalized spacial score (nSPS) is 11.3. The fourth-order valence-electron chi connectivity index (χ4n) is 2.20. The van der Waals surface area contributed by atoms with Gasteiger partial charge in [0.1, 0.15) is 6.04 Å². The zero-order valence-corrected chi connectivity index (χ0v) is 12.5. The van der Waals surface area contributed by atoms with Gasteiger partial charge in [-0.2, -0.15) is 5.26 Å². The number of para-hydroxylation sites is 1. The third-order valence-corrected chi connectivity index (χ3v) is 3.25. The lowest BCUT2D eigenvalue weighted by Gasteiger charge is -2.19. The summed E-state index contributed by atoms with van der Waals surface area (Å²) in [5.74, 6) is -0.320. The van der Waals surface area contributed by atoms with Gasteiger partial charge in [-0.3, -0.25) is 0 Å². The molecule has 0 aliphatic carbocycles. The number of nitrogens with zero attached hydrogens (tertiary/aromatic N) is 1. The second-order valence-electron chi connectivity index (χ2n) is 4.79. The van der Waals surface area contributed by atoms with Crippen LogP contribution in [0.1, 0.15) is 18.1 Å². The quantitative estimate of drug-likeness (QED) is 0.831. The van der Waals surface area contributed by atoms with Crippen LogP contribution in [-0.2, 0) is 16.0 Å². The second kappa shape index (κ2) is 7.84. The zero-order valence-electron chi connectivity index (χ0n) is 12.5. The Morgan fingerprint density at radius 2 is 1.86 bits per heavy atom. The lowest BCUT2D eigenvalue weighted by atomic mass is 10.0. The van der Waals surface area contributed by atoms with Gasteiger partial charge in [-0.25, -0.2) is 4.79 Å². The van der Waals surface area contributed by atoms with Gasteiger partial charge in [-0.15, -0.1) is 0 Å². The van der Waals surface area contributed by atoms with Crippen LogP contribution < -0.4 is 5.32 Å². The van der Waals surface area contributed by atoms with Gasteiger partial charge in [0.2, 0.25) is 0 Å². The largest absolute Gasteiger partial charge is 0.464 e. The molecule has 1 N–H and O–H groups in total. The van der Waals surface area contributed by atoms with Crippen molar-refractivity contribution in [2.45, 2.75) is 19.4 Å². The number of carbonyl (C=O) groups excluding carboxylic acids is 1. The first-order valence-electron chi connectivity index (χ1n) is 7.20. The molecule has 0 aromatic heterocycles. The van der Waals surface area contributed by atoms with E-state index in [1.54, 1.807) is 13.0 Å². The third-order valence-electron chi connectivity index (χ3n) is 3.25. The average Bonchev–Trinajstić information content (AvgIpc) is 2.56. The van der Waals surface area contributed by atoms with Gasteiger partial charge >= 0.3 is 5.97 Å². The van der Waals surface area contributed by atoms with E-state index in [-0.39, 0.29) is 5.97 Å². The van der Waals surface area contributed by atoms with Crippen LogP contribution in [0.3, 0.4) is 0 Å². The van der Waals surface area contributed by atoms with Crippen molar-refractivity contribution in [3.05, 3.63) is 65.7 Å². The van der Waals surface area contributed by atoms with E-state index in [2.05, 4.69) is 11.4 Å². The summed E-state index contributed by atoms with van der Waals surface area (Å²) >= 11 is 0. The first-order chi connectivity index (χ1) is 10.7. The number of nitrogens with one attached hydrogen (secondary N) is 1. The lowest BCUT2D eigenvalue weighted by molar-refractivity contribution is -0.144. The van der Waals surface area contributed by atoms with E-state index < -0.39 is 6.04 Å². The average molecular weight is 294 g/mol. The molecular weight excluding hydrogens is 276 g/mol. The highest BCUT2D eigenvalue weighted by atomic mass is 16.5. The van der Waals surface area contributed by atoms with Crippen LogP contribution in [0.2, 0.25) is 0 Å². The molecule has 0 saturated carbocycles. The van der Waals surface area contributed by atoms with Crippen LogP contribution in [0.25, 0.3) is 0 Å². The molecule has 0 aliphatic rings. The minimum atomic E-state index is -0.531. The van der Waals surface area contributed by atoms with Crippen molar-refractivity contribution in [3.63, 3.8) is 0 Å². The summed E-state index contributed by atoms with van der Waals surface area (Å²) in [7, 11) is 0. The van der Waals surface area contributed by atoms with Crippen LogP contribution in [0.5, 0.6) is 0 Å². The van der Waals surface area contributed by atoms with E-state index in [1.807, 2.05) is 48.5 Å². The van der Waals surface area contributed by atoms with Gasteiger partial charge in [0, 0.05) is 12.1 Å². The Morgan fingerprint density at radius 1 is 1.18 bits per heavy atom. The molecule has 0 fully saturated rings. The van der Waals surface area contributed by atoms with Crippen molar-refractivity contribution < 1.29 is 9.53 Å². The summed E-state index contributed by atoms with van der Waals surface area (Å²) < 4.78 is 5.14. The van der Waals surface area contributed by atoms with Crippen LogP contribution in [0.15, 0.2) is 54.6 Å². The molecule has 0 amide bonds. The number of hydrogen-bond donors (Lipinski definition) is 1. The molecule has 1 unspecified atom stereocenters. The standard InChI is InChI=1S/C18H18N2O2/c1-2-22-18(21)17(20-16-10-4-3-5-11-16)12-14-8-6-7-9-15(14)13-19/h3-11,17,20H,2,12H2,1H3. The summed E-state index contributed by atoms with van der Waals surface area (Å²) in [4.78, 5) is 12.2. The maximum atomic E-state index is 12.2. The predicted octanol–water partition coefficient (Wildman–Crippen LogP) is 3.14. The van der Waals surface area contributed by atoms with Crippen LogP contribution in [0.4, 0.5) is 5.69 Å². The fraction of sp³-hybridized carbons (Fsp3) is 0.222. The molecule has 4 heteroatoms. The molecule has 0 aliphatic heterocycles. The summed E-state index contributed by atoms with van der Waals surface area (Å²) in [5, 5.41) is 12.4. The monoisotopic (exact) mass is 294 g/mol. The smallest absolute Gasteiger partial charge is 0.328 e. The van der Waals surface area contributed by atoms with Gasteiger partial charge in [-0.1, -0.05) is 36.4 Å². The van der Waals surface area contributed by atoms with Crippen molar-refractivity contribution in [2.75, 3.05) is 11.9 Å². The van der Waals surface area contributed by atoms with Gasteiger partial charge in [0.05, 0.1) is 18.2 Å². The number of hydrogen-bond acceptors (Lipinski definition) is 4. The number of carbonyl (C=O) groups is 1. The minimum Gasteiger partial charge on any atom is -0.464 e. The predicted molar refractivity (Wildman–Crippen MR) is 85.3 cm³/mol. The van der Waals surface area contributed by atoms with E-state index in [1.165, 1.54) is 0 Å². The van der Waals surface area contributed by atoms with E-state index in [0.717, 1.165) is 11.3 Å². The maximum absolute atomic E-state index is 12.2. The van der Waals surface area contributed by atoms with Gasteiger partial charge in [0.25, 0.3) is 0 Å². The summed E-state index contributed by atoms with van der Waals surface area (Å²) in [5.41, 5.74) is 2.24. The molecule has 2 aromatic rings. The van der Waals surface area contributed by atoms with E-state index in [0.29, 0.717) is 18.6 Å². The van der Waals surface area contributed by atoms with Crippen molar-refractivity contribution in [1.29, 1.82) is 5.26 Å². The summed E-state index contributed by atoms with van der Waals surface area (Å²) in [6.45, 7) is 2.10. The Morgan fingerprint density at radius 3 is 2.55 bits per heavy atom. The number of rotatable bonds is 6. The lowest BCUT2D eigenvalue weighted by Crippen LogP contribution is -2.33. The van der Waals surface area contributed by atoms with Gasteiger partial charge in [-0.05, 0) is 30.7 Å². The van der Waals surface area contributed by atoms with Crippen molar-refractivity contribution in [1.82, 2.24) is 0 Å². The Labute approximate surface area is 130 Å². The van der Waals surface area contributed by atoms with Gasteiger partial charge in [0.15, 0.2) is 0 Å². The molecule has 0 radical (unpaired) electrons. The molecule has 22 heavy (non-hydrogen) atoms. The Kier molecular flexibility index (Phi) is 5.56. The van der Waals surface area contributed by atoms with E-state index >= 15 is 0 Å². The maximum Gasteiger partial charge on any atom is 0.328 e. The van der Waals surface area contributed by atoms with Crippen LogP contribution in [-0.4, -0.2) is 18.6 Å². The molecule has 112 valence electrons. The van der Waals surface area contributed by atoms with E-state index in [4.69, 9.17) is 4.74 Å². The topological polar surface area (TPSA) is 62.1 Å². The van der Waals surface area contributed by atoms with Crippen molar-refractivity contribution in [2.24, 2.45) is 0 Å². The second-order valence-corrected chi connectivity index (χ2v) is 4.79. The number of anilines is 1. The Balaban J connectivity index is 2.21. The molecule has 0 bridgehead atoms. The van der Waals surface area contributed by atoms with E-state index in [9.17, 15) is 10.1 Å². The minimum absolute atomic E-state index is 0.320. The highest BCUT2D eigenvalue weighted by Crippen LogP contribution is 2.15. The molecule has 2 rings (SSSR count). The number of ether oxygens (including phenoxy) is 1. The molecule has 0 spiro atoms. The van der Waals surface area contributed by atoms with Crippen LogP contribution >= 0.6 is 0 Å². The fourth-order valence-corrected chi connectivity index (χ4v) is 2.20. The number of benzene rings is 2. The van der Waals surface area contributed by atoms with Crippen LogP contribution in [0, 0.1) is 11.3 Å².